The van der Waals surface area contributed by atoms with Gasteiger partial charge in [-0.2, -0.15) is 0 Å². The van der Waals surface area contributed by atoms with Gasteiger partial charge in [0.1, 0.15) is 0 Å². The lowest BCUT2D eigenvalue weighted by molar-refractivity contribution is -0.385. The highest BCUT2D eigenvalue weighted by molar-refractivity contribution is 7.99. The predicted molar refractivity (Wildman–Crippen MR) is 84.4 cm³/mol. The van der Waals surface area contributed by atoms with E-state index in [9.17, 15) is 14.9 Å². The van der Waals surface area contributed by atoms with E-state index in [1.54, 1.807) is 12.1 Å². The maximum Gasteiger partial charge on any atom is 0.308 e. The molecular formula is C16H15NO4S. The van der Waals surface area contributed by atoms with Gasteiger partial charge in [-0.3, -0.25) is 14.9 Å². The molecule has 0 heterocycles. The van der Waals surface area contributed by atoms with Gasteiger partial charge in [-0.1, -0.05) is 30.8 Å². The zero-order valence-electron chi connectivity index (χ0n) is 12.0. The summed E-state index contributed by atoms with van der Waals surface area (Å²) in [6.45, 7) is 2.08. The molecule has 0 unspecified atom stereocenters. The molecule has 0 bridgehead atoms. The minimum atomic E-state index is -1.09. The highest BCUT2D eigenvalue weighted by Gasteiger charge is 2.17. The Morgan fingerprint density at radius 1 is 1.18 bits per heavy atom. The number of benzene rings is 2. The molecule has 0 saturated heterocycles. The Bertz CT molecular complexity index is 698. The first-order valence-electron chi connectivity index (χ1n) is 6.75. The quantitative estimate of drug-likeness (QED) is 0.645. The van der Waals surface area contributed by atoms with E-state index in [2.05, 4.69) is 6.92 Å². The van der Waals surface area contributed by atoms with Crippen LogP contribution in [0, 0.1) is 10.1 Å². The Morgan fingerprint density at radius 3 is 2.36 bits per heavy atom. The van der Waals surface area contributed by atoms with E-state index < -0.39 is 10.9 Å². The maximum absolute atomic E-state index is 10.9. The summed E-state index contributed by atoms with van der Waals surface area (Å²) in [7, 11) is 0. The van der Waals surface area contributed by atoms with E-state index in [1.165, 1.54) is 23.4 Å². The van der Waals surface area contributed by atoms with E-state index in [0.717, 1.165) is 16.2 Å². The largest absolute Gasteiger partial charge is 0.481 e. The average Bonchev–Trinajstić information content (AvgIpc) is 2.47. The van der Waals surface area contributed by atoms with Crippen LogP contribution in [0.1, 0.15) is 18.1 Å². The summed E-state index contributed by atoms with van der Waals surface area (Å²) in [4.78, 5) is 23.0. The maximum atomic E-state index is 10.9. The van der Waals surface area contributed by atoms with Crippen LogP contribution in [-0.4, -0.2) is 16.0 Å². The number of hydrogen-bond acceptors (Lipinski definition) is 4. The topological polar surface area (TPSA) is 80.4 Å². The summed E-state index contributed by atoms with van der Waals surface area (Å²) in [6.07, 6.45) is 0.602. The van der Waals surface area contributed by atoms with Gasteiger partial charge in [0.05, 0.1) is 11.3 Å². The summed E-state index contributed by atoms with van der Waals surface area (Å²) in [6, 6.07) is 12.6. The highest BCUT2D eigenvalue weighted by atomic mass is 32.2. The van der Waals surface area contributed by atoms with Crippen molar-refractivity contribution in [3.05, 3.63) is 63.7 Å². The fourth-order valence-electron chi connectivity index (χ4n) is 2.04. The molecule has 0 atom stereocenters. The fraction of sp³-hybridized carbons (Fsp3) is 0.188. The molecule has 2 aromatic carbocycles. The van der Waals surface area contributed by atoms with E-state index in [-0.39, 0.29) is 17.7 Å². The second-order valence-corrected chi connectivity index (χ2v) is 5.86. The molecule has 0 aromatic heterocycles. The van der Waals surface area contributed by atoms with Crippen LogP contribution in [0.2, 0.25) is 0 Å². The molecule has 2 aromatic rings. The first kappa shape index (κ1) is 16.0. The Hall–Kier alpha value is -2.34. The normalized spacial score (nSPS) is 10.4. The minimum Gasteiger partial charge on any atom is -0.481 e. The van der Waals surface area contributed by atoms with Crippen LogP contribution in [-0.2, 0) is 17.6 Å². The number of hydrogen-bond donors (Lipinski definition) is 1. The molecule has 0 spiro atoms. The first-order valence-corrected chi connectivity index (χ1v) is 7.57. The van der Waals surface area contributed by atoms with Gasteiger partial charge < -0.3 is 5.11 Å². The zero-order valence-corrected chi connectivity index (χ0v) is 12.8. The molecular weight excluding hydrogens is 302 g/mol. The van der Waals surface area contributed by atoms with Crippen molar-refractivity contribution in [2.75, 3.05) is 0 Å². The lowest BCUT2D eigenvalue weighted by Crippen LogP contribution is -2.03. The van der Waals surface area contributed by atoms with Crippen LogP contribution in [0.15, 0.2) is 52.3 Å². The number of rotatable bonds is 6. The monoisotopic (exact) mass is 317 g/mol. The third-order valence-electron chi connectivity index (χ3n) is 3.16. The van der Waals surface area contributed by atoms with Crippen LogP contribution in [0.25, 0.3) is 0 Å². The summed E-state index contributed by atoms with van der Waals surface area (Å²) >= 11 is 1.45. The molecule has 0 saturated carbocycles. The summed E-state index contributed by atoms with van der Waals surface area (Å²) in [5.74, 6) is -1.09. The Balaban J connectivity index is 2.27. The molecule has 0 amide bonds. The van der Waals surface area contributed by atoms with Crippen molar-refractivity contribution in [2.24, 2.45) is 0 Å². The molecule has 6 heteroatoms. The van der Waals surface area contributed by atoms with Crippen molar-refractivity contribution in [1.29, 1.82) is 0 Å². The summed E-state index contributed by atoms with van der Waals surface area (Å²) in [5, 5.41) is 19.8. The molecule has 0 radical (unpaired) electrons. The SMILES string of the molecule is CCc1ccc(Sc2ccc([N+](=O)[O-])c(CC(=O)O)c2)cc1. The molecule has 114 valence electrons. The number of nitrogens with zero attached hydrogens (tertiary/aromatic N) is 1. The van der Waals surface area contributed by atoms with Crippen molar-refractivity contribution in [3.63, 3.8) is 0 Å². The van der Waals surface area contributed by atoms with Crippen molar-refractivity contribution < 1.29 is 14.8 Å². The van der Waals surface area contributed by atoms with Crippen LogP contribution in [0.3, 0.4) is 0 Å². The number of nitro groups is 1. The lowest BCUT2D eigenvalue weighted by atomic mass is 10.1. The minimum absolute atomic E-state index is 0.159. The van der Waals surface area contributed by atoms with Crippen molar-refractivity contribution >= 4 is 23.4 Å². The van der Waals surface area contributed by atoms with Crippen molar-refractivity contribution in [1.82, 2.24) is 0 Å². The summed E-state index contributed by atoms with van der Waals surface area (Å²) in [5.41, 5.74) is 1.29. The molecule has 0 aliphatic heterocycles. The number of carboxylic acid groups (broad SMARTS) is 1. The van der Waals surface area contributed by atoms with E-state index in [4.69, 9.17) is 5.11 Å². The second-order valence-electron chi connectivity index (χ2n) is 4.72. The van der Waals surface area contributed by atoms with Gasteiger partial charge in [0.25, 0.3) is 5.69 Å². The molecule has 0 aliphatic rings. The fourth-order valence-corrected chi connectivity index (χ4v) is 2.92. The number of aryl methyl sites for hydroxylation is 1. The van der Waals surface area contributed by atoms with Crippen molar-refractivity contribution in [2.45, 2.75) is 29.6 Å². The second kappa shape index (κ2) is 7.09. The third kappa shape index (κ3) is 4.08. The Morgan fingerprint density at radius 2 is 1.82 bits per heavy atom. The predicted octanol–water partition coefficient (Wildman–Crippen LogP) is 3.94. The van der Waals surface area contributed by atoms with Crippen LogP contribution in [0.4, 0.5) is 5.69 Å². The summed E-state index contributed by atoms with van der Waals surface area (Å²) < 4.78 is 0. The molecule has 2 rings (SSSR count). The number of aliphatic carboxylic acids is 1. The van der Waals surface area contributed by atoms with E-state index in [0.29, 0.717) is 0 Å². The van der Waals surface area contributed by atoms with Gasteiger partial charge in [0, 0.05) is 21.4 Å². The van der Waals surface area contributed by atoms with E-state index in [1.807, 2.05) is 24.3 Å². The van der Waals surface area contributed by atoms with Gasteiger partial charge in [-0.15, -0.1) is 0 Å². The number of nitro benzene ring substituents is 1. The van der Waals surface area contributed by atoms with Gasteiger partial charge in [0.2, 0.25) is 0 Å². The standard InChI is InChI=1S/C16H15NO4S/c1-2-11-3-5-13(6-4-11)22-14-7-8-15(17(20)21)12(9-14)10-16(18)19/h3-9H,2,10H2,1H3,(H,18,19). The van der Waals surface area contributed by atoms with Gasteiger partial charge in [0.15, 0.2) is 0 Å². The van der Waals surface area contributed by atoms with Gasteiger partial charge in [-0.25, -0.2) is 0 Å². The average molecular weight is 317 g/mol. The van der Waals surface area contributed by atoms with Gasteiger partial charge >= 0.3 is 5.97 Å². The van der Waals surface area contributed by atoms with Crippen LogP contribution in [0.5, 0.6) is 0 Å². The van der Waals surface area contributed by atoms with Crippen molar-refractivity contribution in [3.8, 4) is 0 Å². The molecule has 0 fully saturated rings. The van der Waals surface area contributed by atoms with Crippen LogP contribution >= 0.6 is 11.8 Å². The molecule has 22 heavy (non-hydrogen) atoms. The molecule has 1 N–H and O–H groups in total. The molecule has 0 aliphatic carbocycles. The Kier molecular flexibility index (Phi) is 5.16. The smallest absolute Gasteiger partial charge is 0.308 e. The zero-order chi connectivity index (χ0) is 16.1. The first-order chi connectivity index (χ1) is 10.5. The Labute approximate surface area is 132 Å². The molecule has 5 nitrogen and oxygen atoms in total. The van der Waals surface area contributed by atoms with Crippen LogP contribution < -0.4 is 0 Å². The highest BCUT2D eigenvalue weighted by Crippen LogP contribution is 2.31. The lowest BCUT2D eigenvalue weighted by Gasteiger charge is -2.06. The van der Waals surface area contributed by atoms with Gasteiger partial charge in [-0.05, 0) is 36.2 Å². The third-order valence-corrected chi connectivity index (χ3v) is 4.15. The number of carbonyl (C=O) groups is 1. The van der Waals surface area contributed by atoms with E-state index >= 15 is 0 Å². The number of carboxylic acids is 1.